The van der Waals surface area contributed by atoms with Crippen LogP contribution in [0.2, 0.25) is 0 Å². The monoisotopic (exact) mass is 616 g/mol. The molecule has 1 heterocycles. The van der Waals surface area contributed by atoms with E-state index in [9.17, 15) is 29.4 Å². The Hall–Kier alpha value is -2.61. The van der Waals surface area contributed by atoms with E-state index in [2.05, 4.69) is 28.8 Å². The van der Waals surface area contributed by atoms with Crippen molar-refractivity contribution in [1.82, 2.24) is 15.0 Å². The lowest BCUT2D eigenvalue weighted by Crippen LogP contribution is -2.29. The van der Waals surface area contributed by atoms with Crippen molar-refractivity contribution in [2.45, 2.75) is 113 Å². The van der Waals surface area contributed by atoms with Crippen LogP contribution >= 0.6 is 23.5 Å². The smallest absolute Gasteiger partial charge is 0.320 e. The van der Waals surface area contributed by atoms with Crippen LogP contribution in [-0.4, -0.2) is 85.8 Å². The van der Waals surface area contributed by atoms with Gasteiger partial charge in [-0.3, -0.25) is 19.2 Å². The molecule has 0 radical (unpaired) electrons. The van der Waals surface area contributed by atoms with Crippen LogP contribution in [0, 0.1) is 0 Å². The van der Waals surface area contributed by atoms with Crippen LogP contribution in [0.1, 0.15) is 91.9 Å². The Morgan fingerprint density at radius 2 is 1.24 bits per heavy atom. The fourth-order valence-corrected chi connectivity index (χ4v) is 5.12. The summed E-state index contributed by atoms with van der Waals surface area (Å²) < 4.78 is 10.4. The molecular formula is C27H44N4O8S2. The van der Waals surface area contributed by atoms with E-state index in [-0.39, 0.29) is 29.9 Å². The number of carbonyl (C=O) groups excluding carboxylic acids is 2. The van der Waals surface area contributed by atoms with Gasteiger partial charge in [0.05, 0.1) is 26.1 Å². The van der Waals surface area contributed by atoms with E-state index >= 15 is 0 Å². The molecule has 1 aromatic heterocycles. The number of unbranched alkanes of at least 4 members (excludes halogenated alkanes) is 4. The summed E-state index contributed by atoms with van der Waals surface area (Å²) in [5.41, 5.74) is 0. The van der Waals surface area contributed by atoms with Gasteiger partial charge in [-0.15, -0.1) is 0 Å². The number of carbonyl (C=O) groups is 4. The summed E-state index contributed by atoms with van der Waals surface area (Å²) >= 11 is 1.63. The second-order valence-electron chi connectivity index (χ2n) is 9.34. The standard InChI is InChI=1S/C27H44N4O8S2/c1-5-9-13-31(14-10-6-2)25-28-26(40-19(23(35)36)18-22(34)38-15-11-7-3)30-27(29-25)41-20(17-21(32)33)24(37)39-16-12-8-4/h19-20H,5-18H2,1-4H3,(H,32,33)(H,35,36). The van der Waals surface area contributed by atoms with Gasteiger partial charge in [-0.05, 0) is 25.7 Å². The fourth-order valence-electron chi connectivity index (χ4n) is 3.30. The molecule has 0 bridgehead atoms. The average molecular weight is 617 g/mol. The van der Waals surface area contributed by atoms with Gasteiger partial charge in [0.2, 0.25) is 5.95 Å². The highest BCUT2D eigenvalue weighted by molar-refractivity contribution is 8.01. The van der Waals surface area contributed by atoms with Crippen LogP contribution in [0.25, 0.3) is 0 Å². The van der Waals surface area contributed by atoms with E-state index < -0.39 is 40.8 Å². The third kappa shape index (κ3) is 15.3. The van der Waals surface area contributed by atoms with Crippen LogP contribution in [0.5, 0.6) is 0 Å². The second-order valence-corrected chi connectivity index (χ2v) is 11.7. The summed E-state index contributed by atoms with van der Waals surface area (Å²) in [5.74, 6) is -3.43. The lowest BCUT2D eigenvalue weighted by atomic mass is 10.3. The number of aliphatic carboxylic acids is 2. The predicted molar refractivity (Wildman–Crippen MR) is 157 cm³/mol. The largest absolute Gasteiger partial charge is 0.481 e. The number of thioether (sulfide) groups is 2. The Morgan fingerprint density at radius 1 is 0.732 bits per heavy atom. The molecule has 0 aliphatic carbocycles. The summed E-state index contributed by atoms with van der Waals surface area (Å²) in [6.07, 6.45) is 5.69. The zero-order valence-corrected chi connectivity index (χ0v) is 26.1. The molecule has 0 saturated carbocycles. The van der Waals surface area contributed by atoms with Crippen molar-refractivity contribution in [2.24, 2.45) is 0 Å². The first kappa shape index (κ1) is 36.4. The molecule has 14 heteroatoms. The van der Waals surface area contributed by atoms with E-state index in [1.807, 2.05) is 18.7 Å². The Bertz CT molecular complexity index is 961. The highest BCUT2D eigenvalue weighted by atomic mass is 32.2. The Balaban J connectivity index is 3.39. The minimum Gasteiger partial charge on any atom is -0.481 e. The van der Waals surface area contributed by atoms with Crippen LogP contribution in [-0.2, 0) is 28.7 Å². The maximum absolute atomic E-state index is 12.7. The first-order chi connectivity index (χ1) is 19.6. The zero-order chi connectivity index (χ0) is 30.6. The normalized spacial score (nSPS) is 12.4. The van der Waals surface area contributed by atoms with E-state index in [1.54, 1.807) is 0 Å². The number of hydrogen-bond acceptors (Lipinski definition) is 12. The second kappa shape index (κ2) is 21.1. The van der Waals surface area contributed by atoms with Gasteiger partial charge in [0.15, 0.2) is 10.3 Å². The number of carboxylic acid groups (broad SMARTS) is 2. The van der Waals surface area contributed by atoms with Gasteiger partial charge in [0, 0.05) is 13.1 Å². The van der Waals surface area contributed by atoms with Crippen LogP contribution in [0.4, 0.5) is 5.95 Å². The van der Waals surface area contributed by atoms with Crippen molar-refractivity contribution >= 4 is 53.3 Å². The van der Waals surface area contributed by atoms with E-state index in [0.717, 1.165) is 62.0 Å². The number of hydrogen-bond donors (Lipinski definition) is 2. The quantitative estimate of drug-likeness (QED) is 0.0973. The molecular weight excluding hydrogens is 572 g/mol. The summed E-state index contributed by atoms with van der Waals surface area (Å²) in [4.78, 5) is 64.0. The molecule has 12 nitrogen and oxygen atoms in total. The number of nitrogens with zero attached hydrogens (tertiary/aromatic N) is 4. The lowest BCUT2D eigenvalue weighted by Gasteiger charge is -2.23. The fraction of sp³-hybridized carbons (Fsp3) is 0.741. The molecule has 232 valence electrons. The Kier molecular flexibility index (Phi) is 18.8. The van der Waals surface area contributed by atoms with Crippen molar-refractivity contribution in [3.05, 3.63) is 0 Å². The van der Waals surface area contributed by atoms with Crippen LogP contribution in [0.15, 0.2) is 10.3 Å². The molecule has 0 aliphatic heterocycles. The molecule has 0 fully saturated rings. The van der Waals surface area contributed by atoms with E-state index in [4.69, 9.17) is 9.47 Å². The first-order valence-electron chi connectivity index (χ1n) is 14.3. The number of esters is 2. The Labute approximate surface area is 250 Å². The molecule has 1 aromatic rings. The van der Waals surface area contributed by atoms with E-state index in [0.29, 0.717) is 31.9 Å². The summed E-state index contributed by atoms with van der Waals surface area (Å²) in [5, 5.41) is 17.0. The van der Waals surface area contributed by atoms with Gasteiger partial charge >= 0.3 is 23.9 Å². The molecule has 0 amide bonds. The topological polar surface area (TPSA) is 169 Å². The molecule has 0 saturated heterocycles. The molecule has 2 unspecified atom stereocenters. The number of ether oxygens (including phenoxy) is 2. The van der Waals surface area contributed by atoms with E-state index in [1.165, 1.54) is 0 Å². The number of carboxylic acids is 2. The van der Waals surface area contributed by atoms with Crippen molar-refractivity contribution in [3.63, 3.8) is 0 Å². The van der Waals surface area contributed by atoms with Gasteiger partial charge in [-0.1, -0.05) is 76.9 Å². The zero-order valence-electron chi connectivity index (χ0n) is 24.5. The van der Waals surface area contributed by atoms with Gasteiger partial charge in [0.1, 0.15) is 10.5 Å². The number of aromatic nitrogens is 3. The minimum absolute atomic E-state index is 0.0534. The van der Waals surface area contributed by atoms with Gasteiger partial charge in [-0.2, -0.15) is 15.0 Å². The number of rotatable bonds is 23. The van der Waals surface area contributed by atoms with Gasteiger partial charge in [-0.25, -0.2) is 0 Å². The first-order valence-corrected chi connectivity index (χ1v) is 16.0. The predicted octanol–water partition coefficient (Wildman–Crippen LogP) is 4.84. The van der Waals surface area contributed by atoms with Gasteiger partial charge in [0.25, 0.3) is 0 Å². The lowest BCUT2D eigenvalue weighted by molar-refractivity contribution is -0.147. The van der Waals surface area contributed by atoms with Crippen molar-refractivity contribution in [3.8, 4) is 0 Å². The average Bonchev–Trinajstić information content (AvgIpc) is 2.92. The molecule has 2 N–H and O–H groups in total. The maximum Gasteiger partial charge on any atom is 0.320 e. The van der Waals surface area contributed by atoms with Crippen molar-refractivity contribution < 1.29 is 38.9 Å². The third-order valence-electron chi connectivity index (χ3n) is 5.68. The third-order valence-corrected chi connectivity index (χ3v) is 7.76. The van der Waals surface area contributed by atoms with Crippen LogP contribution < -0.4 is 4.90 Å². The minimum atomic E-state index is -1.23. The highest BCUT2D eigenvalue weighted by Crippen LogP contribution is 2.30. The Morgan fingerprint density at radius 3 is 1.73 bits per heavy atom. The van der Waals surface area contributed by atoms with Crippen LogP contribution in [0.3, 0.4) is 0 Å². The molecule has 0 aliphatic rings. The summed E-state index contributed by atoms with van der Waals surface area (Å²) in [6.45, 7) is 9.71. The van der Waals surface area contributed by atoms with Crippen molar-refractivity contribution in [2.75, 3.05) is 31.2 Å². The highest BCUT2D eigenvalue weighted by Gasteiger charge is 2.29. The number of anilines is 1. The molecule has 0 aromatic carbocycles. The summed E-state index contributed by atoms with van der Waals surface area (Å²) in [6, 6.07) is 0. The van der Waals surface area contributed by atoms with Gasteiger partial charge < -0.3 is 24.6 Å². The van der Waals surface area contributed by atoms with Crippen molar-refractivity contribution in [1.29, 1.82) is 0 Å². The summed E-state index contributed by atoms with van der Waals surface area (Å²) in [7, 11) is 0. The molecule has 0 spiro atoms. The molecule has 2 atom stereocenters. The molecule has 41 heavy (non-hydrogen) atoms. The SMILES string of the molecule is CCCCOC(=O)CC(Sc1nc(SC(CC(=O)O)C(=O)OCCCC)nc(N(CCCC)CCCC)n1)C(=O)O. The maximum atomic E-state index is 12.7. The molecule has 1 rings (SSSR count).